The quantitative estimate of drug-likeness (QED) is 0.703. The van der Waals surface area contributed by atoms with E-state index < -0.39 is 0 Å². The summed E-state index contributed by atoms with van der Waals surface area (Å²) < 4.78 is 5.90. The zero-order valence-electron chi connectivity index (χ0n) is 16.4. The Bertz CT molecular complexity index is 1090. The Hall–Kier alpha value is -3.11. The summed E-state index contributed by atoms with van der Waals surface area (Å²) in [6.45, 7) is 4.23. The van der Waals surface area contributed by atoms with Gasteiger partial charge < -0.3 is 14.8 Å². The van der Waals surface area contributed by atoms with Gasteiger partial charge in [0, 0.05) is 17.6 Å². The number of hydrogen-bond acceptors (Lipinski definition) is 7. The molecule has 2 fully saturated rings. The van der Waals surface area contributed by atoms with Crippen molar-refractivity contribution in [3.63, 3.8) is 0 Å². The molecule has 0 bridgehead atoms. The number of phenols is 1. The molecule has 0 spiro atoms. The molecular formula is C22H23N5O2. The standard InChI is InChI=1S/C22H23N5O2/c1-13-10-14(12-23)11-18(28)20(13)16-6-7-19-21(24-16)26-22(29-19)25-15-4-2-8-27-9-3-5-17(15)27/h6-7,10-11,15,17,28H,2-5,8-9H2,1H3,(H,24,25,26). The number of aromatic nitrogens is 2. The van der Waals surface area contributed by atoms with Crippen molar-refractivity contribution in [2.45, 2.75) is 44.7 Å². The van der Waals surface area contributed by atoms with Gasteiger partial charge in [0.25, 0.3) is 6.01 Å². The number of fused-ring (bicyclic) bond motifs is 2. The molecule has 2 saturated heterocycles. The first-order valence-corrected chi connectivity index (χ1v) is 10.1. The van der Waals surface area contributed by atoms with Crippen LogP contribution in [0.4, 0.5) is 6.01 Å². The number of nitriles is 1. The lowest BCUT2D eigenvalue weighted by molar-refractivity contribution is 0.181. The maximum absolute atomic E-state index is 10.4. The van der Waals surface area contributed by atoms with E-state index in [1.807, 2.05) is 19.1 Å². The predicted octanol–water partition coefficient (Wildman–Crippen LogP) is 3.81. The van der Waals surface area contributed by atoms with Crippen molar-refractivity contribution in [1.29, 1.82) is 5.26 Å². The fourth-order valence-corrected chi connectivity index (χ4v) is 4.80. The highest BCUT2D eigenvalue weighted by molar-refractivity contribution is 5.78. The monoisotopic (exact) mass is 389 g/mol. The van der Waals surface area contributed by atoms with Gasteiger partial charge in [-0.15, -0.1) is 0 Å². The Morgan fingerprint density at radius 3 is 2.83 bits per heavy atom. The minimum atomic E-state index is 0.0405. The molecule has 29 heavy (non-hydrogen) atoms. The van der Waals surface area contributed by atoms with Crippen LogP contribution in [0.3, 0.4) is 0 Å². The third-order valence-corrected chi connectivity index (χ3v) is 6.10. The lowest BCUT2D eigenvalue weighted by Crippen LogP contribution is -2.47. The van der Waals surface area contributed by atoms with E-state index in [1.165, 1.54) is 38.4 Å². The summed E-state index contributed by atoms with van der Waals surface area (Å²) in [6, 6.07) is 10.3. The minimum Gasteiger partial charge on any atom is -0.507 e. The Kier molecular flexibility index (Phi) is 4.36. The zero-order chi connectivity index (χ0) is 20.0. The fourth-order valence-electron chi connectivity index (χ4n) is 4.80. The number of hydrogen-bond donors (Lipinski definition) is 2. The summed E-state index contributed by atoms with van der Waals surface area (Å²) in [6.07, 6.45) is 4.79. The van der Waals surface area contributed by atoms with Crippen molar-refractivity contribution in [3.8, 4) is 23.1 Å². The Morgan fingerprint density at radius 1 is 1.21 bits per heavy atom. The van der Waals surface area contributed by atoms with E-state index >= 15 is 0 Å². The lowest BCUT2D eigenvalue weighted by Gasteiger charge is -2.36. The number of phenolic OH excluding ortho intramolecular Hbond substituents is 1. The summed E-state index contributed by atoms with van der Waals surface area (Å²) in [7, 11) is 0. The molecule has 5 rings (SSSR count). The Labute approximate surface area is 169 Å². The molecule has 2 aliphatic rings. The SMILES string of the molecule is Cc1cc(C#N)cc(O)c1-c1ccc2oc(NC3CCCN4CCCC34)nc2n1. The molecule has 2 unspecified atom stereocenters. The van der Waals surface area contributed by atoms with Gasteiger partial charge in [0.15, 0.2) is 5.58 Å². The van der Waals surface area contributed by atoms with Gasteiger partial charge in [0.1, 0.15) is 5.75 Å². The van der Waals surface area contributed by atoms with E-state index in [0.717, 1.165) is 12.0 Å². The van der Waals surface area contributed by atoms with Crippen LogP contribution in [-0.2, 0) is 0 Å². The molecule has 148 valence electrons. The fraction of sp³-hybridized carbons (Fsp3) is 0.409. The van der Waals surface area contributed by atoms with Crippen LogP contribution in [0.2, 0.25) is 0 Å². The van der Waals surface area contributed by atoms with Crippen molar-refractivity contribution >= 4 is 17.2 Å². The van der Waals surface area contributed by atoms with Crippen LogP contribution in [0.15, 0.2) is 28.7 Å². The van der Waals surface area contributed by atoms with Crippen molar-refractivity contribution < 1.29 is 9.52 Å². The molecule has 0 radical (unpaired) electrons. The van der Waals surface area contributed by atoms with Gasteiger partial charge in [-0.1, -0.05) is 0 Å². The van der Waals surface area contributed by atoms with E-state index in [9.17, 15) is 5.11 Å². The maximum atomic E-state index is 10.4. The van der Waals surface area contributed by atoms with E-state index in [1.54, 1.807) is 6.07 Å². The first-order chi connectivity index (χ1) is 14.1. The molecule has 2 aliphatic heterocycles. The summed E-state index contributed by atoms with van der Waals surface area (Å²) in [5, 5.41) is 23.0. The molecule has 0 amide bonds. The van der Waals surface area contributed by atoms with Crippen LogP contribution < -0.4 is 5.32 Å². The number of oxazole rings is 1. The highest BCUT2D eigenvalue weighted by Gasteiger charge is 2.35. The second-order valence-corrected chi connectivity index (χ2v) is 7.97. The molecule has 3 aromatic rings. The smallest absolute Gasteiger partial charge is 0.297 e. The first-order valence-electron chi connectivity index (χ1n) is 10.1. The topological polar surface area (TPSA) is 98.2 Å². The number of aryl methyl sites for hydroxylation is 1. The molecular weight excluding hydrogens is 366 g/mol. The predicted molar refractivity (Wildman–Crippen MR) is 110 cm³/mol. The average molecular weight is 389 g/mol. The molecule has 0 saturated carbocycles. The van der Waals surface area contributed by atoms with Gasteiger partial charge in [0.2, 0.25) is 5.65 Å². The molecule has 2 N–H and O–H groups in total. The second-order valence-electron chi connectivity index (χ2n) is 7.97. The first kappa shape index (κ1) is 18.0. The van der Waals surface area contributed by atoms with Gasteiger partial charge in [0.05, 0.1) is 17.3 Å². The van der Waals surface area contributed by atoms with Gasteiger partial charge in [-0.05, 0) is 75.5 Å². The van der Waals surface area contributed by atoms with Crippen molar-refractivity contribution in [2.24, 2.45) is 0 Å². The molecule has 4 heterocycles. The largest absolute Gasteiger partial charge is 0.507 e. The van der Waals surface area contributed by atoms with Crippen molar-refractivity contribution in [3.05, 3.63) is 35.4 Å². The van der Waals surface area contributed by atoms with Gasteiger partial charge >= 0.3 is 0 Å². The van der Waals surface area contributed by atoms with E-state index in [2.05, 4.69) is 26.3 Å². The second kappa shape index (κ2) is 7.05. The van der Waals surface area contributed by atoms with Crippen LogP contribution in [-0.4, -0.2) is 45.1 Å². The van der Waals surface area contributed by atoms with E-state index in [-0.39, 0.29) is 5.75 Å². The summed E-state index contributed by atoms with van der Waals surface area (Å²) >= 11 is 0. The molecule has 1 aromatic carbocycles. The van der Waals surface area contributed by atoms with Gasteiger partial charge in [-0.3, -0.25) is 4.90 Å². The summed E-state index contributed by atoms with van der Waals surface area (Å²) in [4.78, 5) is 11.7. The third kappa shape index (κ3) is 3.19. The molecule has 7 nitrogen and oxygen atoms in total. The number of benzene rings is 1. The number of aromatic hydroxyl groups is 1. The van der Waals surface area contributed by atoms with Crippen LogP contribution in [0.25, 0.3) is 22.5 Å². The highest BCUT2D eigenvalue weighted by Crippen LogP contribution is 2.34. The van der Waals surface area contributed by atoms with Gasteiger partial charge in [-0.25, -0.2) is 4.98 Å². The van der Waals surface area contributed by atoms with Crippen molar-refractivity contribution in [1.82, 2.24) is 14.9 Å². The normalized spacial score (nSPS) is 21.8. The summed E-state index contributed by atoms with van der Waals surface area (Å²) in [5.41, 5.74) is 3.55. The Morgan fingerprint density at radius 2 is 2.03 bits per heavy atom. The number of anilines is 1. The third-order valence-electron chi connectivity index (χ3n) is 6.10. The summed E-state index contributed by atoms with van der Waals surface area (Å²) in [5.74, 6) is 0.0405. The number of piperidine rings is 1. The van der Waals surface area contributed by atoms with E-state index in [4.69, 9.17) is 9.68 Å². The molecule has 2 aromatic heterocycles. The lowest BCUT2D eigenvalue weighted by atomic mass is 9.97. The average Bonchev–Trinajstić information content (AvgIpc) is 3.34. The van der Waals surface area contributed by atoms with Crippen LogP contribution in [0.5, 0.6) is 5.75 Å². The van der Waals surface area contributed by atoms with Crippen molar-refractivity contribution in [2.75, 3.05) is 18.4 Å². The number of rotatable bonds is 3. The van der Waals surface area contributed by atoms with E-state index in [0.29, 0.717) is 46.1 Å². The number of pyridine rings is 1. The maximum Gasteiger partial charge on any atom is 0.297 e. The van der Waals surface area contributed by atoms with Crippen LogP contribution in [0, 0.1) is 18.3 Å². The zero-order valence-corrected chi connectivity index (χ0v) is 16.4. The number of nitrogens with zero attached hydrogens (tertiary/aromatic N) is 4. The number of nitrogens with one attached hydrogen (secondary N) is 1. The van der Waals surface area contributed by atoms with Gasteiger partial charge in [-0.2, -0.15) is 10.2 Å². The Balaban J connectivity index is 1.44. The molecule has 0 aliphatic carbocycles. The minimum absolute atomic E-state index is 0.0405. The van der Waals surface area contributed by atoms with Crippen LogP contribution >= 0.6 is 0 Å². The van der Waals surface area contributed by atoms with Crippen LogP contribution in [0.1, 0.15) is 36.8 Å². The highest BCUT2D eigenvalue weighted by atomic mass is 16.4. The molecule has 2 atom stereocenters. The molecule has 7 heteroatoms.